The average Bonchev–Trinajstić information content (AvgIpc) is 2.97. The Morgan fingerprint density at radius 3 is 1.85 bits per heavy atom. The molecule has 3 aromatic rings. The van der Waals surface area contributed by atoms with Gasteiger partial charge in [0.05, 0.1) is 11.3 Å². The summed E-state index contributed by atoms with van der Waals surface area (Å²) in [5.41, 5.74) is 3.36. The monoisotopic (exact) mass is 559 g/mol. The minimum Gasteiger partial charge on any atom is -0.336 e. The fourth-order valence-electron chi connectivity index (χ4n) is 5.71. The topological polar surface area (TPSA) is 60.9 Å². The quantitative estimate of drug-likeness (QED) is 0.276. The maximum absolute atomic E-state index is 13.4. The van der Waals surface area contributed by atoms with Crippen LogP contribution in [0.1, 0.15) is 55.5 Å². The van der Waals surface area contributed by atoms with Crippen molar-refractivity contribution in [2.45, 2.75) is 56.1 Å². The number of benzene rings is 3. The number of nitrogens with zero attached hydrogens (tertiary/aromatic N) is 3. The molecule has 0 aromatic heterocycles. The summed E-state index contributed by atoms with van der Waals surface area (Å²) in [6.45, 7) is 10.6. The summed E-state index contributed by atoms with van der Waals surface area (Å²) in [5, 5.41) is 4.97. The van der Waals surface area contributed by atoms with Crippen molar-refractivity contribution >= 4 is 15.7 Å². The van der Waals surface area contributed by atoms with E-state index in [2.05, 4.69) is 91.1 Å². The van der Waals surface area contributed by atoms with Crippen LogP contribution in [0.4, 0.5) is 0 Å². The maximum Gasteiger partial charge on any atom is 0.227 e. The van der Waals surface area contributed by atoms with Gasteiger partial charge in [-0.3, -0.25) is 4.79 Å². The molecule has 212 valence electrons. The molecule has 0 bridgehead atoms. The Labute approximate surface area is 239 Å². The van der Waals surface area contributed by atoms with Crippen molar-refractivity contribution in [1.82, 2.24) is 14.9 Å². The molecule has 6 nitrogen and oxygen atoms in total. The highest BCUT2D eigenvalue weighted by atomic mass is 32.2. The lowest BCUT2D eigenvalue weighted by Crippen LogP contribution is -2.53. The van der Waals surface area contributed by atoms with Crippen LogP contribution >= 0.6 is 0 Å². The van der Waals surface area contributed by atoms with Crippen molar-refractivity contribution in [2.75, 3.05) is 25.9 Å². The highest BCUT2D eigenvalue weighted by Gasteiger charge is 2.34. The predicted octanol–water partition coefficient (Wildman–Crippen LogP) is 5.85. The van der Waals surface area contributed by atoms with E-state index in [4.69, 9.17) is 0 Å². The fourth-order valence-corrected chi connectivity index (χ4v) is 6.34. The van der Waals surface area contributed by atoms with Gasteiger partial charge < -0.3 is 4.90 Å². The normalized spacial score (nSPS) is 16.4. The van der Waals surface area contributed by atoms with E-state index in [1.54, 1.807) is 30.3 Å². The molecule has 0 aliphatic carbocycles. The zero-order valence-corrected chi connectivity index (χ0v) is 24.6. The Kier molecular flexibility index (Phi) is 9.95. The molecule has 1 saturated heterocycles. The van der Waals surface area contributed by atoms with Gasteiger partial charge in [-0.15, -0.1) is 6.58 Å². The molecule has 2 unspecified atom stereocenters. The first-order valence-electron chi connectivity index (χ1n) is 14.0. The molecule has 0 radical (unpaired) electrons. The highest BCUT2D eigenvalue weighted by molar-refractivity contribution is 7.90. The Hall–Kier alpha value is -3.26. The Morgan fingerprint density at radius 2 is 1.40 bits per heavy atom. The van der Waals surface area contributed by atoms with Crippen LogP contribution in [0.15, 0.2) is 102 Å². The number of carbonyl (C=O) groups excluding carboxylic acids is 1. The van der Waals surface area contributed by atoms with Crippen molar-refractivity contribution in [3.05, 3.63) is 114 Å². The molecule has 1 fully saturated rings. The van der Waals surface area contributed by atoms with E-state index in [-0.39, 0.29) is 35.3 Å². The van der Waals surface area contributed by atoms with E-state index in [9.17, 15) is 13.2 Å². The second-order valence-corrected chi connectivity index (χ2v) is 12.7. The van der Waals surface area contributed by atoms with Crippen LogP contribution in [0.5, 0.6) is 0 Å². The first-order valence-corrected chi connectivity index (χ1v) is 15.9. The lowest BCUT2D eigenvalue weighted by Gasteiger charge is -2.47. The summed E-state index contributed by atoms with van der Waals surface area (Å²) < 4.78 is 23.6. The van der Waals surface area contributed by atoms with Crippen molar-refractivity contribution in [3.8, 4) is 0 Å². The number of hydrogen-bond acceptors (Lipinski definition) is 5. The Balaban J connectivity index is 1.47. The number of piperidine rings is 1. The molecular formula is C33H41N3O3S. The number of carbonyl (C=O) groups is 1. The van der Waals surface area contributed by atoms with E-state index >= 15 is 0 Å². The number of sulfone groups is 1. The smallest absolute Gasteiger partial charge is 0.227 e. The van der Waals surface area contributed by atoms with E-state index in [0.29, 0.717) is 6.54 Å². The Morgan fingerprint density at radius 1 is 0.900 bits per heavy atom. The van der Waals surface area contributed by atoms with Crippen molar-refractivity contribution in [3.63, 3.8) is 0 Å². The Bertz CT molecular complexity index is 1310. The minimum absolute atomic E-state index is 0.0395. The third-order valence-corrected chi connectivity index (χ3v) is 9.05. The van der Waals surface area contributed by atoms with Crippen LogP contribution in [-0.4, -0.2) is 61.2 Å². The van der Waals surface area contributed by atoms with Gasteiger partial charge in [-0.2, -0.15) is 0 Å². The summed E-state index contributed by atoms with van der Waals surface area (Å²) in [6.07, 6.45) is 4.95. The number of rotatable bonds is 11. The fraction of sp³-hybridized carbons (Fsp3) is 0.364. The number of amides is 1. The van der Waals surface area contributed by atoms with Crippen molar-refractivity contribution < 1.29 is 13.2 Å². The molecule has 40 heavy (non-hydrogen) atoms. The van der Waals surface area contributed by atoms with Gasteiger partial charge in [0, 0.05) is 44.0 Å². The van der Waals surface area contributed by atoms with E-state index in [0.717, 1.165) is 31.5 Å². The summed E-state index contributed by atoms with van der Waals surface area (Å²) in [5.74, 6) is 0.0395. The SMILES string of the molecule is C=CCN(C(=O)Cc1ccc(S(C)(=O)=O)cc1)C1CCN(N(C(C)c2ccccc2)C(C)c2ccccc2)CC1. The predicted molar refractivity (Wildman–Crippen MR) is 161 cm³/mol. The molecule has 1 amide bonds. The standard InChI is InChI=1S/C33H41N3O3S/c1-5-22-35(33(37)25-28-16-18-32(19-17-28)40(4,38)39)31-20-23-34(24-21-31)36(26(2)29-12-8-6-9-13-29)27(3)30-14-10-7-11-15-30/h5-19,26-27,31H,1,20-25H2,2-4H3. The molecule has 2 atom stereocenters. The van der Waals surface area contributed by atoms with Gasteiger partial charge in [0.25, 0.3) is 0 Å². The molecular weight excluding hydrogens is 518 g/mol. The first kappa shape index (κ1) is 29.7. The first-order chi connectivity index (χ1) is 19.2. The van der Waals surface area contributed by atoms with Gasteiger partial charge in [0.15, 0.2) is 9.84 Å². The molecule has 1 heterocycles. The van der Waals surface area contributed by atoms with E-state index in [1.807, 2.05) is 4.90 Å². The van der Waals surface area contributed by atoms with Gasteiger partial charge >= 0.3 is 0 Å². The summed E-state index contributed by atoms with van der Waals surface area (Å²) in [4.78, 5) is 15.6. The summed E-state index contributed by atoms with van der Waals surface area (Å²) >= 11 is 0. The van der Waals surface area contributed by atoms with Gasteiger partial charge in [0.2, 0.25) is 5.91 Å². The number of hydrazine groups is 1. The zero-order valence-electron chi connectivity index (χ0n) is 23.8. The van der Waals surface area contributed by atoms with E-state index < -0.39 is 9.84 Å². The van der Waals surface area contributed by atoms with Crippen LogP contribution in [0.25, 0.3) is 0 Å². The largest absolute Gasteiger partial charge is 0.336 e. The minimum atomic E-state index is -3.27. The van der Waals surface area contributed by atoms with Crippen LogP contribution < -0.4 is 0 Å². The number of hydrogen-bond donors (Lipinski definition) is 0. The van der Waals surface area contributed by atoms with Crippen LogP contribution in [0.2, 0.25) is 0 Å². The molecule has 7 heteroatoms. The molecule has 1 aliphatic heterocycles. The van der Waals surface area contributed by atoms with Gasteiger partial charge in [-0.1, -0.05) is 78.9 Å². The van der Waals surface area contributed by atoms with Gasteiger partial charge in [-0.05, 0) is 55.5 Å². The zero-order chi connectivity index (χ0) is 28.7. The van der Waals surface area contributed by atoms with E-state index in [1.165, 1.54) is 17.4 Å². The summed E-state index contributed by atoms with van der Waals surface area (Å²) in [7, 11) is -3.27. The third kappa shape index (κ3) is 7.27. The van der Waals surface area contributed by atoms with Gasteiger partial charge in [0.1, 0.15) is 0 Å². The van der Waals surface area contributed by atoms with Gasteiger partial charge in [-0.25, -0.2) is 18.4 Å². The molecule has 4 rings (SSSR count). The molecule has 1 aliphatic rings. The molecule has 0 spiro atoms. The lowest BCUT2D eigenvalue weighted by molar-refractivity contribution is -0.138. The highest BCUT2D eigenvalue weighted by Crippen LogP contribution is 2.34. The summed E-state index contributed by atoms with van der Waals surface area (Å²) in [6, 6.07) is 28.4. The van der Waals surface area contributed by atoms with Crippen molar-refractivity contribution in [2.24, 2.45) is 0 Å². The van der Waals surface area contributed by atoms with Crippen molar-refractivity contribution in [1.29, 1.82) is 0 Å². The second-order valence-electron chi connectivity index (χ2n) is 10.7. The van der Waals surface area contributed by atoms with Crippen LogP contribution in [-0.2, 0) is 21.1 Å². The maximum atomic E-state index is 13.4. The van der Waals surface area contributed by atoms with Crippen LogP contribution in [0, 0.1) is 0 Å². The average molecular weight is 560 g/mol. The third-order valence-electron chi connectivity index (χ3n) is 7.92. The molecule has 0 saturated carbocycles. The second kappa shape index (κ2) is 13.4. The van der Waals surface area contributed by atoms with Crippen LogP contribution in [0.3, 0.4) is 0 Å². The lowest BCUT2D eigenvalue weighted by atomic mass is 10.00. The molecule has 0 N–H and O–H groups in total. The molecule has 3 aromatic carbocycles.